The fourth-order valence-corrected chi connectivity index (χ4v) is 1.80. The van der Waals surface area contributed by atoms with Gasteiger partial charge in [0.1, 0.15) is 0 Å². The molecule has 96 valence electrons. The van der Waals surface area contributed by atoms with E-state index in [0.717, 1.165) is 18.6 Å². The van der Waals surface area contributed by atoms with Crippen LogP contribution in [0.4, 0.5) is 0 Å². The molecule has 0 aliphatic rings. The van der Waals surface area contributed by atoms with Gasteiger partial charge in [0.05, 0.1) is 6.61 Å². The summed E-state index contributed by atoms with van der Waals surface area (Å²) in [5, 5.41) is 0. The van der Waals surface area contributed by atoms with Crippen molar-refractivity contribution < 1.29 is 4.74 Å². The van der Waals surface area contributed by atoms with Gasteiger partial charge in [0.2, 0.25) is 5.88 Å². The van der Waals surface area contributed by atoms with Crippen LogP contribution in [0.3, 0.4) is 0 Å². The van der Waals surface area contributed by atoms with Gasteiger partial charge in [-0.05, 0) is 18.4 Å². The fraction of sp³-hybridized carbons (Fsp3) is 0.643. The Hall–Kier alpha value is -1.09. The zero-order chi connectivity index (χ0) is 12.5. The molecule has 1 unspecified atom stereocenters. The number of rotatable bonds is 8. The Morgan fingerprint density at radius 2 is 2.24 bits per heavy atom. The van der Waals surface area contributed by atoms with E-state index in [4.69, 9.17) is 10.5 Å². The average Bonchev–Trinajstić information content (AvgIpc) is 2.39. The highest BCUT2D eigenvalue weighted by atomic mass is 16.5. The number of pyridine rings is 1. The average molecular weight is 236 g/mol. The molecule has 1 aromatic heterocycles. The van der Waals surface area contributed by atoms with E-state index in [1.54, 1.807) is 6.20 Å². The van der Waals surface area contributed by atoms with Crippen LogP contribution in [0.15, 0.2) is 18.3 Å². The van der Waals surface area contributed by atoms with E-state index in [1.165, 1.54) is 19.3 Å². The standard InChI is InChI=1S/C14H24N2O/c1-3-5-7-12(4-2)11-17-14-13(10-15)8-6-9-16-14/h6,8-9,12H,3-5,7,10-11,15H2,1-2H3. The van der Waals surface area contributed by atoms with Crippen molar-refractivity contribution in [3.63, 3.8) is 0 Å². The Kier molecular flexibility index (Phi) is 6.63. The number of nitrogens with zero attached hydrogens (tertiary/aromatic N) is 1. The van der Waals surface area contributed by atoms with Crippen molar-refractivity contribution in [2.75, 3.05) is 6.61 Å². The highest BCUT2D eigenvalue weighted by Gasteiger charge is 2.09. The van der Waals surface area contributed by atoms with Crippen molar-refractivity contribution in [2.24, 2.45) is 11.7 Å². The molecule has 0 fully saturated rings. The predicted molar refractivity (Wildman–Crippen MR) is 70.9 cm³/mol. The highest BCUT2D eigenvalue weighted by molar-refractivity contribution is 5.24. The smallest absolute Gasteiger partial charge is 0.217 e. The molecule has 0 aliphatic heterocycles. The Morgan fingerprint density at radius 3 is 2.88 bits per heavy atom. The van der Waals surface area contributed by atoms with Crippen LogP contribution in [0.25, 0.3) is 0 Å². The molecule has 0 radical (unpaired) electrons. The number of aromatic nitrogens is 1. The molecule has 17 heavy (non-hydrogen) atoms. The number of hydrogen-bond acceptors (Lipinski definition) is 3. The molecular formula is C14H24N2O. The maximum atomic E-state index is 5.79. The van der Waals surface area contributed by atoms with Crippen LogP contribution in [0, 0.1) is 5.92 Å². The van der Waals surface area contributed by atoms with Gasteiger partial charge in [0.15, 0.2) is 0 Å². The first kappa shape index (κ1) is 14.0. The maximum Gasteiger partial charge on any atom is 0.217 e. The van der Waals surface area contributed by atoms with Gasteiger partial charge >= 0.3 is 0 Å². The molecule has 3 nitrogen and oxygen atoms in total. The third kappa shape index (κ3) is 4.73. The molecule has 0 saturated carbocycles. The normalized spacial score (nSPS) is 12.4. The summed E-state index contributed by atoms with van der Waals surface area (Å²) in [6, 6.07) is 3.86. The second kappa shape index (κ2) is 8.07. The first-order chi connectivity index (χ1) is 8.31. The van der Waals surface area contributed by atoms with E-state index in [1.807, 2.05) is 12.1 Å². The summed E-state index contributed by atoms with van der Waals surface area (Å²) in [7, 11) is 0. The molecule has 1 atom stereocenters. The van der Waals surface area contributed by atoms with Gasteiger partial charge in [-0.1, -0.05) is 39.2 Å². The molecule has 0 aliphatic carbocycles. The highest BCUT2D eigenvalue weighted by Crippen LogP contribution is 2.17. The van der Waals surface area contributed by atoms with E-state index in [9.17, 15) is 0 Å². The summed E-state index contributed by atoms with van der Waals surface area (Å²) in [5.74, 6) is 1.33. The third-order valence-corrected chi connectivity index (χ3v) is 3.07. The van der Waals surface area contributed by atoms with Crippen LogP contribution < -0.4 is 10.5 Å². The Morgan fingerprint density at radius 1 is 1.41 bits per heavy atom. The minimum atomic E-state index is 0.481. The molecule has 0 saturated heterocycles. The van der Waals surface area contributed by atoms with E-state index >= 15 is 0 Å². The number of nitrogens with two attached hydrogens (primary N) is 1. The molecule has 1 aromatic rings. The molecule has 0 bridgehead atoms. The molecule has 0 aromatic carbocycles. The zero-order valence-corrected chi connectivity index (χ0v) is 11.0. The van der Waals surface area contributed by atoms with Gasteiger partial charge in [-0.3, -0.25) is 0 Å². The lowest BCUT2D eigenvalue weighted by Crippen LogP contribution is -2.13. The van der Waals surface area contributed by atoms with Crippen LogP contribution in [0.1, 0.15) is 45.1 Å². The summed E-state index contributed by atoms with van der Waals surface area (Å²) in [6.45, 7) is 5.67. The van der Waals surface area contributed by atoms with Gasteiger partial charge < -0.3 is 10.5 Å². The minimum Gasteiger partial charge on any atom is -0.477 e. The summed E-state index contributed by atoms with van der Waals surface area (Å²) >= 11 is 0. The van der Waals surface area contributed by atoms with E-state index in [-0.39, 0.29) is 0 Å². The SMILES string of the molecule is CCCCC(CC)COc1ncccc1CN. The van der Waals surface area contributed by atoms with E-state index in [0.29, 0.717) is 18.3 Å². The van der Waals surface area contributed by atoms with Crippen LogP contribution in [-0.2, 0) is 6.54 Å². The first-order valence-electron chi connectivity index (χ1n) is 6.58. The quantitative estimate of drug-likeness (QED) is 0.754. The van der Waals surface area contributed by atoms with Crippen LogP contribution in [-0.4, -0.2) is 11.6 Å². The van der Waals surface area contributed by atoms with Crippen molar-refractivity contribution in [2.45, 2.75) is 46.1 Å². The Bertz CT molecular complexity index is 315. The molecule has 0 amide bonds. The lowest BCUT2D eigenvalue weighted by Gasteiger charge is -2.16. The van der Waals surface area contributed by atoms with Crippen molar-refractivity contribution in [3.8, 4) is 5.88 Å². The van der Waals surface area contributed by atoms with E-state index < -0.39 is 0 Å². The van der Waals surface area contributed by atoms with E-state index in [2.05, 4.69) is 18.8 Å². The van der Waals surface area contributed by atoms with Crippen LogP contribution >= 0.6 is 0 Å². The summed E-state index contributed by atoms with van der Waals surface area (Å²) < 4.78 is 5.79. The number of unbranched alkanes of at least 4 members (excludes halogenated alkanes) is 1. The molecular weight excluding hydrogens is 212 g/mol. The second-order valence-electron chi connectivity index (χ2n) is 4.40. The maximum absolute atomic E-state index is 5.79. The molecule has 3 heteroatoms. The first-order valence-corrected chi connectivity index (χ1v) is 6.58. The van der Waals surface area contributed by atoms with Crippen molar-refractivity contribution >= 4 is 0 Å². The largest absolute Gasteiger partial charge is 0.477 e. The van der Waals surface area contributed by atoms with Crippen molar-refractivity contribution in [3.05, 3.63) is 23.9 Å². The van der Waals surface area contributed by atoms with Gasteiger partial charge in [-0.15, -0.1) is 0 Å². The lowest BCUT2D eigenvalue weighted by molar-refractivity contribution is 0.224. The van der Waals surface area contributed by atoms with Crippen molar-refractivity contribution in [1.82, 2.24) is 4.98 Å². The van der Waals surface area contributed by atoms with Crippen molar-refractivity contribution in [1.29, 1.82) is 0 Å². The second-order valence-corrected chi connectivity index (χ2v) is 4.40. The summed E-state index contributed by atoms with van der Waals surface area (Å²) in [4.78, 5) is 4.23. The lowest BCUT2D eigenvalue weighted by atomic mass is 10.0. The Labute approximate surface area is 104 Å². The predicted octanol–water partition coefficient (Wildman–Crippen LogP) is 3.14. The monoisotopic (exact) mass is 236 g/mol. The fourth-order valence-electron chi connectivity index (χ4n) is 1.80. The van der Waals surface area contributed by atoms with Crippen LogP contribution in [0.2, 0.25) is 0 Å². The van der Waals surface area contributed by atoms with Crippen LogP contribution in [0.5, 0.6) is 5.88 Å². The van der Waals surface area contributed by atoms with Gasteiger partial charge in [-0.25, -0.2) is 4.98 Å². The minimum absolute atomic E-state index is 0.481. The zero-order valence-electron chi connectivity index (χ0n) is 11.0. The van der Waals surface area contributed by atoms with Gasteiger partial charge in [0, 0.05) is 18.3 Å². The molecule has 2 N–H and O–H groups in total. The Balaban J connectivity index is 2.47. The topological polar surface area (TPSA) is 48.1 Å². The van der Waals surface area contributed by atoms with Gasteiger partial charge in [0.25, 0.3) is 0 Å². The molecule has 1 rings (SSSR count). The molecule has 0 spiro atoms. The number of ether oxygens (including phenoxy) is 1. The number of hydrogen-bond donors (Lipinski definition) is 1. The molecule has 1 heterocycles. The summed E-state index contributed by atoms with van der Waals surface area (Å²) in [6.07, 6.45) is 6.66. The summed E-state index contributed by atoms with van der Waals surface area (Å²) in [5.41, 5.74) is 6.63. The van der Waals surface area contributed by atoms with Gasteiger partial charge in [-0.2, -0.15) is 0 Å². The third-order valence-electron chi connectivity index (χ3n) is 3.07.